The monoisotopic (exact) mass is 358 g/mol. The Morgan fingerprint density at radius 3 is 2.65 bits per heavy atom. The maximum absolute atomic E-state index is 12.5. The van der Waals surface area contributed by atoms with Gasteiger partial charge in [0.2, 0.25) is 0 Å². The summed E-state index contributed by atoms with van der Waals surface area (Å²) in [5, 5.41) is 2.96. The topological polar surface area (TPSA) is 76.5 Å². The number of aryl methyl sites for hydroxylation is 1. The van der Waals surface area contributed by atoms with Gasteiger partial charge >= 0.3 is 12.0 Å². The van der Waals surface area contributed by atoms with Crippen LogP contribution >= 0.6 is 0 Å². The second-order valence-corrected chi connectivity index (χ2v) is 6.43. The van der Waals surface area contributed by atoms with E-state index in [1.165, 1.54) is 0 Å². The number of fused-ring (bicyclic) bond motifs is 1. The van der Waals surface area contributed by atoms with Crippen molar-refractivity contribution in [3.63, 3.8) is 0 Å². The van der Waals surface area contributed by atoms with Gasteiger partial charge < -0.3 is 19.5 Å². The van der Waals surface area contributed by atoms with Gasteiger partial charge in [-0.05, 0) is 38.8 Å². The highest BCUT2D eigenvalue weighted by Crippen LogP contribution is 2.19. The van der Waals surface area contributed by atoms with Gasteiger partial charge in [0, 0.05) is 19.6 Å². The zero-order valence-corrected chi connectivity index (χ0v) is 15.4. The standard InChI is InChI=1S/C19H26N4O3/c1-3-23-16-8-6-5-7-15(16)21-17(23)13-20-19(25)22-11-9-14(10-12-22)18(24)26-4-2/h5-8,14H,3-4,9-13H2,1-2H3,(H,20,25). The summed E-state index contributed by atoms with van der Waals surface area (Å²) in [4.78, 5) is 30.6. The average molecular weight is 358 g/mol. The lowest BCUT2D eigenvalue weighted by Gasteiger charge is -2.30. The average Bonchev–Trinajstić information content (AvgIpc) is 3.04. The quantitative estimate of drug-likeness (QED) is 0.834. The van der Waals surface area contributed by atoms with Crippen LogP contribution in [0.2, 0.25) is 0 Å². The van der Waals surface area contributed by atoms with E-state index in [0.717, 1.165) is 23.4 Å². The third-order valence-electron chi connectivity index (χ3n) is 4.85. The highest BCUT2D eigenvalue weighted by molar-refractivity contribution is 5.77. The van der Waals surface area contributed by atoms with Crippen molar-refractivity contribution < 1.29 is 14.3 Å². The molecular weight excluding hydrogens is 332 g/mol. The molecule has 3 rings (SSSR count). The number of nitrogens with zero attached hydrogens (tertiary/aromatic N) is 3. The van der Waals surface area contributed by atoms with Crippen LogP contribution in [-0.2, 0) is 22.6 Å². The molecule has 1 saturated heterocycles. The van der Waals surface area contributed by atoms with Gasteiger partial charge in [0.05, 0.1) is 30.1 Å². The molecule has 0 spiro atoms. The molecule has 2 amide bonds. The number of para-hydroxylation sites is 2. The van der Waals surface area contributed by atoms with Crippen LogP contribution in [0.3, 0.4) is 0 Å². The summed E-state index contributed by atoms with van der Waals surface area (Å²) >= 11 is 0. The Labute approximate surface area is 153 Å². The molecule has 7 heteroatoms. The van der Waals surface area contributed by atoms with E-state index in [1.807, 2.05) is 31.2 Å². The SMILES string of the molecule is CCOC(=O)C1CCN(C(=O)NCc2nc3ccccc3n2CC)CC1. The first-order valence-electron chi connectivity index (χ1n) is 9.27. The van der Waals surface area contributed by atoms with E-state index in [1.54, 1.807) is 4.90 Å². The fourth-order valence-corrected chi connectivity index (χ4v) is 3.46. The van der Waals surface area contributed by atoms with E-state index in [9.17, 15) is 9.59 Å². The number of carbonyl (C=O) groups is 2. The van der Waals surface area contributed by atoms with Crippen molar-refractivity contribution in [3.05, 3.63) is 30.1 Å². The van der Waals surface area contributed by atoms with Crippen LogP contribution in [0, 0.1) is 5.92 Å². The number of rotatable bonds is 5. The Morgan fingerprint density at radius 2 is 1.96 bits per heavy atom. The van der Waals surface area contributed by atoms with Crippen molar-refractivity contribution in [3.8, 4) is 0 Å². The normalized spacial score (nSPS) is 15.2. The predicted molar refractivity (Wildman–Crippen MR) is 98.6 cm³/mol. The lowest BCUT2D eigenvalue weighted by molar-refractivity contribution is -0.149. The lowest BCUT2D eigenvalue weighted by Crippen LogP contribution is -2.45. The molecule has 1 aliphatic heterocycles. The molecule has 1 aromatic carbocycles. The van der Waals surface area contributed by atoms with Gasteiger partial charge in [0.1, 0.15) is 5.82 Å². The molecule has 0 aliphatic carbocycles. The predicted octanol–water partition coefficient (Wildman–Crippen LogP) is 2.54. The fourth-order valence-electron chi connectivity index (χ4n) is 3.46. The maximum atomic E-state index is 12.5. The van der Waals surface area contributed by atoms with E-state index in [-0.39, 0.29) is 17.9 Å². The second kappa shape index (κ2) is 8.21. The summed E-state index contributed by atoms with van der Waals surface area (Å²) in [6, 6.07) is 7.86. The lowest BCUT2D eigenvalue weighted by atomic mass is 9.97. The molecule has 0 bridgehead atoms. The number of hydrogen-bond acceptors (Lipinski definition) is 4. The molecule has 0 atom stereocenters. The Balaban J connectivity index is 1.56. The summed E-state index contributed by atoms with van der Waals surface area (Å²) in [6.07, 6.45) is 1.31. The van der Waals surface area contributed by atoms with Crippen molar-refractivity contribution in [2.75, 3.05) is 19.7 Å². The van der Waals surface area contributed by atoms with Crippen molar-refractivity contribution in [2.24, 2.45) is 5.92 Å². The summed E-state index contributed by atoms with van der Waals surface area (Å²) < 4.78 is 7.18. The van der Waals surface area contributed by atoms with Crippen molar-refractivity contribution in [1.82, 2.24) is 19.8 Å². The highest BCUT2D eigenvalue weighted by atomic mass is 16.5. The molecule has 0 unspecified atom stereocenters. The van der Waals surface area contributed by atoms with Gasteiger partial charge in [0.25, 0.3) is 0 Å². The molecule has 1 aromatic heterocycles. The van der Waals surface area contributed by atoms with Crippen LogP contribution in [-0.4, -0.2) is 46.1 Å². The molecule has 26 heavy (non-hydrogen) atoms. The van der Waals surface area contributed by atoms with Gasteiger partial charge in [0.15, 0.2) is 0 Å². The number of hydrogen-bond donors (Lipinski definition) is 1. The van der Waals surface area contributed by atoms with Gasteiger partial charge in [-0.2, -0.15) is 0 Å². The highest BCUT2D eigenvalue weighted by Gasteiger charge is 2.28. The minimum absolute atomic E-state index is 0.0942. The van der Waals surface area contributed by atoms with E-state index < -0.39 is 0 Å². The first-order chi connectivity index (χ1) is 12.6. The zero-order chi connectivity index (χ0) is 18.5. The van der Waals surface area contributed by atoms with Crippen molar-refractivity contribution >= 4 is 23.0 Å². The van der Waals surface area contributed by atoms with Gasteiger partial charge in [-0.25, -0.2) is 9.78 Å². The van der Waals surface area contributed by atoms with Crippen LogP contribution in [0.4, 0.5) is 4.79 Å². The number of likely N-dealkylation sites (tertiary alicyclic amines) is 1. The maximum Gasteiger partial charge on any atom is 0.317 e. The molecule has 2 heterocycles. The third-order valence-corrected chi connectivity index (χ3v) is 4.85. The molecule has 0 radical (unpaired) electrons. The van der Waals surface area contributed by atoms with E-state index in [4.69, 9.17) is 4.74 Å². The molecule has 2 aromatic rings. The molecule has 1 fully saturated rings. The first kappa shape index (κ1) is 18.2. The summed E-state index contributed by atoms with van der Waals surface area (Å²) in [6.45, 7) is 6.61. The van der Waals surface area contributed by atoms with Crippen LogP contribution in [0.1, 0.15) is 32.5 Å². The number of ether oxygens (including phenoxy) is 1. The molecule has 1 aliphatic rings. The summed E-state index contributed by atoms with van der Waals surface area (Å²) in [5.41, 5.74) is 2.02. The minimum Gasteiger partial charge on any atom is -0.466 e. The smallest absolute Gasteiger partial charge is 0.317 e. The Kier molecular flexibility index (Phi) is 5.75. The summed E-state index contributed by atoms with van der Waals surface area (Å²) in [7, 11) is 0. The summed E-state index contributed by atoms with van der Waals surface area (Å²) in [5.74, 6) is 0.607. The third kappa shape index (κ3) is 3.81. The number of esters is 1. The molecule has 140 valence electrons. The van der Waals surface area contributed by atoms with Gasteiger partial charge in [-0.3, -0.25) is 4.79 Å². The fraction of sp³-hybridized carbons (Fsp3) is 0.526. The van der Waals surface area contributed by atoms with Gasteiger partial charge in [-0.1, -0.05) is 12.1 Å². The van der Waals surface area contributed by atoms with Crippen LogP contribution in [0.5, 0.6) is 0 Å². The van der Waals surface area contributed by atoms with E-state index in [0.29, 0.717) is 39.1 Å². The minimum atomic E-state index is -0.149. The number of carbonyl (C=O) groups excluding carboxylic acids is 2. The second-order valence-electron chi connectivity index (χ2n) is 6.43. The number of aromatic nitrogens is 2. The Bertz CT molecular complexity index is 778. The molecule has 7 nitrogen and oxygen atoms in total. The van der Waals surface area contributed by atoms with Crippen LogP contribution in [0.15, 0.2) is 24.3 Å². The van der Waals surface area contributed by atoms with Crippen LogP contribution in [0.25, 0.3) is 11.0 Å². The number of nitrogens with one attached hydrogen (secondary N) is 1. The molecular formula is C19H26N4O3. The Morgan fingerprint density at radius 1 is 1.23 bits per heavy atom. The molecule has 1 N–H and O–H groups in total. The largest absolute Gasteiger partial charge is 0.466 e. The number of imidazole rings is 1. The van der Waals surface area contributed by atoms with E-state index >= 15 is 0 Å². The van der Waals surface area contributed by atoms with E-state index in [2.05, 4.69) is 21.8 Å². The number of piperidine rings is 1. The first-order valence-corrected chi connectivity index (χ1v) is 9.27. The van der Waals surface area contributed by atoms with Crippen molar-refractivity contribution in [2.45, 2.75) is 39.8 Å². The van der Waals surface area contributed by atoms with Crippen LogP contribution < -0.4 is 5.32 Å². The number of amides is 2. The number of urea groups is 1. The van der Waals surface area contributed by atoms with Crippen molar-refractivity contribution in [1.29, 1.82) is 0 Å². The zero-order valence-electron chi connectivity index (χ0n) is 15.4. The molecule has 0 saturated carbocycles. The Hall–Kier alpha value is -2.57. The van der Waals surface area contributed by atoms with Gasteiger partial charge in [-0.15, -0.1) is 0 Å². The number of benzene rings is 1.